The number of rotatable bonds is 6. The number of carboxylic acids is 1. The number of carbonyl (C=O) groups excluding carboxylic acids is 2. The maximum Gasteiger partial charge on any atom is 0.312 e. The van der Waals surface area contributed by atoms with Gasteiger partial charge in [-0.05, 0) is 12.8 Å². The third kappa shape index (κ3) is 4.05. The second kappa shape index (κ2) is 6.22. The molecule has 1 aliphatic rings. The number of carboxylic acid groups (broad SMARTS) is 1. The van der Waals surface area contributed by atoms with Gasteiger partial charge in [-0.25, -0.2) is 0 Å². The fraction of sp³-hybridized carbons (Fsp3) is 0.727. The topological polar surface area (TPSA) is 77.9 Å². The molecule has 0 aromatic carbocycles. The Balaban J connectivity index is 2.21. The first-order valence-electron chi connectivity index (χ1n) is 5.78. The van der Waals surface area contributed by atoms with Crippen LogP contribution < -0.4 is 0 Å². The van der Waals surface area contributed by atoms with Gasteiger partial charge in [0.1, 0.15) is 0 Å². The number of amides is 2. The first-order valence-corrected chi connectivity index (χ1v) is 5.78. The van der Waals surface area contributed by atoms with Crippen LogP contribution in [0.25, 0.3) is 0 Å². The molecule has 1 fully saturated rings. The van der Waals surface area contributed by atoms with Crippen molar-refractivity contribution in [2.45, 2.75) is 25.7 Å². The molecule has 0 unspecified atom stereocenters. The molecule has 0 spiro atoms. The van der Waals surface area contributed by atoms with Crippen molar-refractivity contribution in [1.82, 2.24) is 9.80 Å². The number of piperazine rings is 1. The van der Waals surface area contributed by atoms with E-state index < -0.39 is 17.8 Å². The van der Waals surface area contributed by atoms with Gasteiger partial charge < -0.3 is 14.9 Å². The average molecular weight is 242 g/mol. The van der Waals surface area contributed by atoms with Gasteiger partial charge >= 0.3 is 17.8 Å². The van der Waals surface area contributed by atoms with Crippen molar-refractivity contribution in [1.29, 1.82) is 0 Å². The second-order valence-electron chi connectivity index (χ2n) is 4.22. The summed E-state index contributed by atoms with van der Waals surface area (Å²) in [5.74, 6) is -1.70. The monoisotopic (exact) mass is 242 g/mol. The van der Waals surface area contributed by atoms with Gasteiger partial charge in [-0.1, -0.05) is 6.42 Å². The number of unbranched alkanes of at least 4 members (excludes halogenated alkanes) is 2. The highest BCUT2D eigenvalue weighted by atomic mass is 16.4. The summed E-state index contributed by atoms with van der Waals surface area (Å²) in [5.41, 5.74) is 0. The maximum atomic E-state index is 11.5. The Morgan fingerprint density at radius 2 is 1.88 bits per heavy atom. The SMILES string of the molecule is CN1CCN(CCCCCC(=O)O)C(=O)C1=O. The van der Waals surface area contributed by atoms with Gasteiger partial charge in [0.25, 0.3) is 0 Å². The van der Waals surface area contributed by atoms with Crippen LogP contribution in [0.15, 0.2) is 0 Å². The van der Waals surface area contributed by atoms with Gasteiger partial charge in [0.15, 0.2) is 0 Å². The Hall–Kier alpha value is -1.59. The Morgan fingerprint density at radius 1 is 1.18 bits per heavy atom. The summed E-state index contributed by atoms with van der Waals surface area (Å²) in [6.45, 7) is 1.68. The van der Waals surface area contributed by atoms with Gasteiger partial charge in [0, 0.05) is 33.1 Å². The number of nitrogens with zero attached hydrogens (tertiary/aromatic N) is 2. The van der Waals surface area contributed by atoms with E-state index in [0.717, 1.165) is 12.8 Å². The highest BCUT2D eigenvalue weighted by Gasteiger charge is 2.29. The molecule has 0 aromatic rings. The number of aliphatic carboxylic acids is 1. The van der Waals surface area contributed by atoms with Crippen LogP contribution in [0.2, 0.25) is 0 Å². The first-order chi connectivity index (χ1) is 8.02. The zero-order valence-corrected chi connectivity index (χ0v) is 10.0. The summed E-state index contributed by atoms with van der Waals surface area (Å²) in [4.78, 5) is 36.2. The summed E-state index contributed by atoms with van der Waals surface area (Å²) in [6.07, 6.45) is 2.29. The first kappa shape index (κ1) is 13.5. The minimum absolute atomic E-state index is 0.162. The molecule has 17 heavy (non-hydrogen) atoms. The van der Waals surface area contributed by atoms with Crippen LogP contribution in [0.3, 0.4) is 0 Å². The predicted molar refractivity (Wildman–Crippen MR) is 60.3 cm³/mol. The van der Waals surface area contributed by atoms with Crippen LogP contribution in [0.5, 0.6) is 0 Å². The largest absolute Gasteiger partial charge is 0.481 e. The number of hydrogen-bond acceptors (Lipinski definition) is 3. The molecule has 1 N–H and O–H groups in total. The molecular weight excluding hydrogens is 224 g/mol. The molecule has 2 amide bonds. The van der Waals surface area contributed by atoms with Crippen molar-refractivity contribution in [3.05, 3.63) is 0 Å². The van der Waals surface area contributed by atoms with Crippen LogP contribution in [0.4, 0.5) is 0 Å². The fourth-order valence-electron chi connectivity index (χ4n) is 1.74. The van der Waals surface area contributed by atoms with E-state index in [9.17, 15) is 14.4 Å². The molecule has 1 saturated heterocycles. The zero-order valence-electron chi connectivity index (χ0n) is 10.0. The quantitative estimate of drug-likeness (QED) is 0.522. The van der Waals surface area contributed by atoms with E-state index in [0.29, 0.717) is 26.1 Å². The summed E-state index contributed by atoms with van der Waals surface area (Å²) < 4.78 is 0. The predicted octanol–water partition coefficient (Wildman–Crippen LogP) is -0.0680. The van der Waals surface area contributed by atoms with E-state index >= 15 is 0 Å². The lowest BCUT2D eigenvalue weighted by atomic mass is 10.2. The number of carbonyl (C=O) groups is 3. The summed E-state index contributed by atoms with van der Waals surface area (Å²) in [5, 5.41) is 8.45. The van der Waals surface area contributed by atoms with Gasteiger partial charge in [-0.15, -0.1) is 0 Å². The second-order valence-corrected chi connectivity index (χ2v) is 4.22. The Bertz CT molecular complexity index is 317. The lowest BCUT2D eigenvalue weighted by Crippen LogP contribution is -2.52. The van der Waals surface area contributed by atoms with Crippen LogP contribution in [-0.2, 0) is 14.4 Å². The third-order valence-corrected chi connectivity index (χ3v) is 2.84. The van der Waals surface area contributed by atoms with Gasteiger partial charge in [-0.3, -0.25) is 14.4 Å². The van der Waals surface area contributed by atoms with E-state index in [-0.39, 0.29) is 6.42 Å². The smallest absolute Gasteiger partial charge is 0.312 e. The minimum Gasteiger partial charge on any atom is -0.481 e. The van der Waals surface area contributed by atoms with Crippen LogP contribution in [0, 0.1) is 0 Å². The van der Waals surface area contributed by atoms with E-state index in [4.69, 9.17) is 5.11 Å². The molecule has 0 bridgehead atoms. The van der Waals surface area contributed by atoms with Crippen molar-refractivity contribution in [2.24, 2.45) is 0 Å². The Kier molecular flexibility index (Phi) is 4.93. The Labute approximate surface area is 100 Å². The van der Waals surface area contributed by atoms with Crippen LogP contribution >= 0.6 is 0 Å². The lowest BCUT2D eigenvalue weighted by Gasteiger charge is -2.31. The fourth-order valence-corrected chi connectivity index (χ4v) is 1.74. The van der Waals surface area contributed by atoms with E-state index in [2.05, 4.69) is 0 Å². The lowest BCUT2D eigenvalue weighted by molar-refractivity contribution is -0.154. The standard InChI is InChI=1S/C11H18N2O4/c1-12-7-8-13(11(17)10(12)16)6-4-2-3-5-9(14)15/h2-8H2,1H3,(H,14,15). The van der Waals surface area contributed by atoms with Crippen molar-refractivity contribution < 1.29 is 19.5 Å². The molecule has 6 nitrogen and oxygen atoms in total. The zero-order chi connectivity index (χ0) is 12.8. The summed E-state index contributed by atoms with van der Waals surface area (Å²) >= 11 is 0. The number of likely N-dealkylation sites (N-methyl/N-ethyl adjacent to an activating group) is 1. The third-order valence-electron chi connectivity index (χ3n) is 2.84. The number of hydrogen-bond donors (Lipinski definition) is 1. The van der Waals surface area contributed by atoms with Crippen LogP contribution in [-0.4, -0.2) is 59.4 Å². The highest BCUT2D eigenvalue weighted by Crippen LogP contribution is 2.06. The van der Waals surface area contributed by atoms with Crippen molar-refractivity contribution in [2.75, 3.05) is 26.7 Å². The average Bonchev–Trinajstić information content (AvgIpc) is 2.28. The van der Waals surface area contributed by atoms with Crippen LogP contribution in [0.1, 0.15) is 25.7 Å². The van der Waals surface area contributed by atoms with Gasteiger partial charge in [0.05, 0.1) is 0 Å². The van der Waals surface area contributed by atoms with E-state index in [1.54, 1.807) is 11.9 Å². The summed E-state index contributed by atoms with van der Waals surface area (Å²) in [6, 6.07) is 0. The molecule has 0 aromatic heterocycles. The maximum absolute atomic E-state index is 11.5. The molecule has 1 heterocycles. The molecule has 0 radical (unpaired) electrons. The minimum atomic E-state index is -0.796. The van der Waals surface area contributed by atoms with Crippen molar-refractivity contribution in [3.8, 4) is 0 Å². The molecule has 0 aliphatic carbocycles. The molecule has 0 atom stereocenters. The van der Waals surface area contributed by atoms with E-state index in [1.807, 2.05) is 0 Å². The normalized spacial score (nSPS) is 16.5. The Morgan fingerprint density at radius 3 is 2.53 bits per heavy atom. The highest BCUT2D eigenvalue weighted by molar-refractivity contribution is 6.35. The van der Waals surface area contributed by atoms with Crippen molar-refractivity contribution >= 4 is 17.8 Å². The van der Waals surface area contributed by atoms with Gasteiger partial charge in [0.2, 0.25) is 0 Å². The van der Waals surface area contributed by atoms with Crippen molar-refractivity contribution in [3.63, 3.8) is 0 Å². The molecule has 6 heteroatoms. The molecule has 0 saturated carbocycles. The molecular formula is C11H18N2O4. The van der Waals surface area contributed by atoms with Gasteiger partial charge in [-0.2, -0.15) is 0 Å². The summed E-state index contributed by atoms with van der Waals surface area (Å²) in [7, 11) is 1.62. The molecule has 1 aliphatic heterocycles. The van der Waals surface area contributed by atoms with E-state index in [1.165, 1.54) is 4.90 Å². The molecule has 96 valence electrons. The molecule has 1 rings (SSSR count).